The van der Waals surface area contributed by atoms with Crippen LogP contribution >= 0.6 is 0 Å². The fourth-order valence-corrected chi connectivity index (χ4v) is 3.55. The molecule has 5 rings (SSSR count). The maximum Gasteiger partial charge on any atom is 0.248 e. The van der Waals surface area contributed by atoms with Crippen LogP contribution in [0.4, 0.5) is 11.5 Å². The predicted octanol–water partition coefficient (Wildman–Crippen LogP) is 4.10. The summed E-state index contributed by atoms with van der Waals surface area (Å²) in [5.41, 5.74) is 9.30. The van der Waals surface area contributed by atoms with Crippen molar-refractivity contribution in [1.29, 1.82) is 0 Å². The molecule has 0 radical (unpaired) electrons. The van der Waals surface area contributed by atoms with Gasteiger partial charge in [-0.1, -0.05) is 54.6 Å². The topological polar surface area (TPSA) is 98.2 Å². The largest absolute Gasteiger partial charge is 0.366 e. The van der Waals surface area contributed by atoms with Crippen molar-refractivity contribution >= 4 is 33.8 Å². The number of primary amides is 1. The Bertz CT molecular complexity index is 1420. The van der Waals surface area contributed by atoms with E-state index in [4.69, 9.17) is 10.8 Å². The number of rotatable bonds is 4. The first-order chi connectivity index (χ1) is 14.6. The highest BCUT2D eigenvalue weighted by atomic mass is 16.1. The molecule has 0 saturated carbocycles. The third kappa shape index (κ3) is 2.93. The first kappa shape index (κ1) is 17.8. The highest BCUT2D eigenvalue weighted by Gasteiger charge is 2.16. The molecule has 2 heterocycles. The summed E-state index contributed by atoms with van der Waals surface area (Å²) in [5, 5.41) is 18.8. The van der Waals surface area contributed by atoms with Gasteiger partial charge in [0, 0.05) is 27.6 Å². The van der Waals surface area contributed by atoms with Gasteiger partial charge in [0.15, 0.2) is 17.3 Å². The molecule has 0 bridgehead atoms. The van der Waals surface area contributed by atoms with Crippen LogP contribution in [-0.4, -0.2) is 25.7 Å². The average molecular weight is 394 g/mol. The van der Waals surface area contributed by atoms with Crippen LogP contribution in [-0.2, 0) is 0 Å². The molecule has 7 heteroatoms. The van der Waals surface area contributed by atoms with E-state index in [1.54, 1.807) is 22.7 Å². The summed E-state index contributed by atoms with van der Waals surface area (Å²) >= 11 is 0. The molecular formula is C23H18N6O. The summed E-state index contributed by atoms with van der Waals surface area (Å²) in [6.45, 7) is 2.03. The van der Waals surface area contributed by atoms with E-state index in [1.165, 1.54) is 0 Å². The number of fused-ring (bicyclic) bond motifs is 3. The van der Waals surface area contributed by atoms with Crippen molar-refractivity contribution in [2.24, 2.45) is 5.73 Å². The van der Waals surface area contributed by atoms with Crippen molar-refractivity contribution in [2.75, 3.05) is 5.32 Å². The Morgan fingerprint density at radius 2 is 1.70 bits per heavy atom. The van der Waals surface area contributed by atoms with Gasteiger partial charge in [-0.15, -0.1) is 15.3 Å². The lowest BCUT2D eigenvalue weighted by molar-refractivity contribution is 0.100. The first-order valence-corrected chi connectivity index (χ1v) is 9.49. The Balaban J connectivity index is 1.73. The molecule has 0 unspecified atom stereocenters. The molecule has 7 nitrogen and oxygen atoms in total. The van der Waals surface area contributed by atoms with Crippen LogP contribution in [0.15, 0.2) is 72.8 Å². The number of benzene rings is 3. The van der Waals surface area contributed by atoms with Gasteiger partial charge in [0.2, 0.25) is 5.91 Å². The van der Waals surface area contributed by atoms with Gasteiger partial charge in [0.05, 0.1) is 0 Å². The second-order valence-electron chi connectivity index (χ2n) is 7.04. The van der Waals surface area contributed by atoms with Gasteiger partial charge < -0.3 is 11.1 Å². The number of carbonyl (C=O) groups is 1. The van der Waals surface area contributed by atoms with Crippen LogP contribution in [0.1, 0.15) is 15.9 Å². The van der Waals surface area contributed by atoms with E-state index in [-0.39, 0.29) is 0 Å². The number of carbonyl (C=O) groups excluding carboxylic acids is 1. The normalized spacial score (nSPS) is 11.1. The molecule has 3 aromatic carbocycles. The Hall–Kier alpha value is -4.26. The van der Waals surface area contributed by atoms with Gasteiger partial charge >= 0.3 is 0 Å². The van der Waals surface area contributed by atoms with Crippen LogP contribution < -0.4 is 11.1 Å². The minimum absolute atomic E-state index is 0.426. The van der Waals surface area contributed by atoms with Gasteiger partial charge in [-0.2, -0.15) is 4.52 Å². The van der Waals surface area contributed by atoms with Crippen LogP contribution in [0.5, 0.6) is 0 Å². The number of nitrogens with two attached hydrogens (primary N) is 1. The Morgan fingerprint density at radius 1 is 0.933 bits per heavy atom. The standard InChI is InChI=1S/C23H18N6O/c1-14-7-2-3-10-17(14)22-26-27-23-19-12-5-4-11-18(19)21(28-29(22)23)25-16-9-6-8-15(13-16)20(24)30/h2-13H,1H3,(H2,24,30)(H,25,28). The highest BCUT2D eigenvalue weighted by molar-refractivity contribution is 6.01. The van der Waals surface area contributed by atoms with Gasteiger partial charge in [0.25, 0.3) is 0 Å². The minimum Gasteiger partial charge on any atom is -0.366 e. The van der Waals surface area contributed by atoms with Gasteiger partial charge in [-0.05, 0) is 30.7 Å². The van der Waals surface area contributed by atoms with Crippen molar-refractivity contribution in [3.8, 4) is 11.4 Å². The molecule has 0 spiro atoms. The lowest BCUT2D eigenvalue weighted by atomic mass is 10.1. The van der Waals surface area contributed by atoms with E-state index < -0.39 is 5.91 Å². The average Bonchev–Trinajstić information content (AvgIpc) is 3.18. The number of aromatic nitrogens is 4. The van der Waals surface area contributed by atoms with Crippen LogP contribution in [0, 0.1) is 6.92 Å². The summed E-state index contributed by atoms with van der Waals surface area (Å²) < 4.78 is 1.75. The lowest BCUT2D eigenvalue weighted by Crippen LogP contribution is -2.11. The quantitative estimate of drug-likeness (QED) is 0.478. The second-order valence-corrected chi connectivity index (χ2v) is 7.04. The summed E-state index contributed by atoms with van der Waals surface area (Å²) in [4.78, 5) is 11.5. The van der Waals surface area contributed by atoms with Gasteiger partial charge in [-0.25, -0.2) is 0 Å². The molecule has 30 heavy (non-hydrogen) atoms. The van der Waals surface area contributed by atoms with E-state index in [0.717, 1.165) is 21.9 Å². The molecule has 1 amide bonds. The summed E-state index contributed by atoms with van der Waals surface area (Å²) in [7, 11) is 0. The van der Waals surface area contributed by atoms with Crippen molar-refractivity contribution < 1.29 is 4.79 Å². The van der Waals surface area contributed by atoms with E-state index in [1.807, 2.05) is 61.5 Å². The molecule has 3 N–H and O–H groups in total. The van der Waals surface area contributed by atoms with Crippen molar-refractivity contribution in [1.82, 2.24) is 19.8 Å². The predicted molar refractivity (Wildman–Crippen MR) is 117 cm³/mol. The molecule has 5 aromatic rings. The molecule has 0 fully saturated rings. The van der Waals surface area contributed by atoms with Gasteiger partial charge in [0.1, 0.15) is 0 Å². The number of anilines is 2. The first-order valence-electron chi connectivity index (χ1n) is 9.49. The molecule has 0 saturated heterocycles. The summed E-state index contributed by atoms with van der Waals surface area (Å²) in [6.07, 6.45) is 0. The zero-order valence-electron chi connectivity index (χ0n) is 16.2. The molecule has 0 aliphatic carbocycles. The monoisotopic (exact) mass is 394 g/mol. The molecule has 0 aliphatic heterocycles. The van der Waals surface area contributed by atoms with E-state index in [0.29, 0.717) is 28.5 Å². The fraction of sp³-hybridized carbons (Fsp3) is 0.0435. The SMILES string of the molecule is Cc1ccccc1-c1nnc2c3ccccc3c(Nc3cccc(C(N)=O)c3)nn12. The minimum atomic E-state index is -0.479. The van der Waals surface area contributed by atoms with Crippen LogP contribution in [0.3, 0.4) is 0 Å². The molecule has 0 aliphatic rings. The molecule has 0 atom stereocenters. The van der Waals surface area contributed by atoms with E-state index in [9.17, 15) is 4.79 Å². The Labute approximate surface area is 172 Å². The molecule has 146 valence electrons. The maximum atomic E-state index is 11.5. The van der Waals surface area contributed by atoms with Crippen LogP contribution in [0.2, 0.25) is 0 Å². The van der Waals surface area contributed by atoms with Crippen LogP contribution in [0.25, 0.3) is 27.8 Å². The summed E-state index contributed by atoms with van der Waals surface area (Å²) in [6, 6.07) is 22.9. The fourth-order valence-electron chi connectivity index (χ4n) is 3.55. The highest BCUT2D eigenvalue weighted by Crippen LogP contribution is 2.30. The number of hydrogen-bond acceptors (Lipinski definition) is 5. The maximum absolute atomic E-state index is 11.5. The van der Waals surface area contributed by atoms with Gasteiger partial charge in [-0.3, -0.25) is 4.79 Å². The number of amides is 1. The van der Waals surface area contributed by atoms with Crippen molar-refractivity contribution in [2.45, 2.75) is 6.92 Å². The Morgan fingerprint density at radius 3 is 2.50 bits per heavy atom. The molecule has 2 aromatic heterocycles. The van der Waals surface area contributed by atoms with E-state index in [2.05, 4.69) is 15.5 Å². The number of hydrogen-bond donors (Lipinski definition) is 2. The van der Waals surface area contributed by atoms with Crippen molar-refractivity contribution in [3.05, 3.63) is 83.9 Å². The van der Waals surface area contributed by atoms with Crippen molar-refractivity contribution in [3.63, 3.8) is 0 Å². The Kier molecular flexibility index (Phi) is 4.14. The number of nitrogens with one attached hydrogen (secondary N) is 1. The number of aryl methyl sites for hydroxylation is 1. The zero-order chi connectivity index (χ0) is 20.7. The lowest BCUT2D eigenvalue weighted by Gasteiger charge is -2.11. The third-order valence-electron chi connectivity index (χ3n) is 5.06. The smallest absolute Gasteiger partial charge is 0.248 e. The third-order valence-corrected chi connectivity index (χ3v) is 5.06. The van der Waals surface area contributed by atoms with E-state index >= 15 is 0 Å². The molecular weight excluding hydrogens is 376 g/mol. The number of nitrogens with zero attached hydrogens (tertiary/aromatic N) is 4. The zero-order valence-corrected chi connectivity index (χ0v) is 16.2. The second kappa shape index (κ2) is 6.97. The summed E-state index contributed by atoms with van der Waals surface area (Å²) in [5.74, 6) is 0.824.